The molecule has 7 aromatic carbocycles. The number of aromatic nitrogens is 2. The van der Waals surface area contributed by atoms with Gasteiger partial charge in [0.15, 0.2) is 0 Å². The number of rotatable bonds is 3. The second-order valence-electron chi connectivity index (χ2n) is 10.7. The van der Waals surface area contributed by atoms with Crippen LogP contribution in [-0.2, 0) is 0 Å². The average molecular weight is 537 g/mol. The Hall–Kier alpha value is -5.67. The first kappa shape index (κ1) is 23.1. The summed E-state index contributed by atoms with van der Waals surface area (Å²) in [7, 11) is 0. The van der Waals surface area contributed by atoms with Crippen molar-refractivity contribution in [3.8, 4) is 28.2 Å². The van der Waals surface area contributed by atoms with Gasteiger partial charge in [-0.3, -0.25) is 4.57 Å². The molecule has 0 bridgehead atoms. The first-order valence-electron chi connectivity index (χ1n) is 14.2. The number of para-hydroxylation sites is 3. The molecule has 3 heteroatoms. The number of imidazole rings is 1. The van der Waals surface area contributed by atoms with Gasteiger partial charge in [-0.15, -0.1) is 0 Å². The second-order valence-corrected chi connectivity index (χ2v) is 10.7. The maximum atomic E-state index is 6.32. The van der Waals surface area contributed by atoms with Crippen molar-refractivity contribution in [2.75, 3.05) is 0 Å². The number of nitrogens with zero attached hydrogens (tertiary/aromatic N) is 2. The third-order valence-electron chi connectivity index (χ3n) is 8.39. The molecule has 0 amide bonds. The topological polar surface area (TPSA) is 31.0 Å². The van der Waals surface area contributed by atoms with Crippen LogP contribution < -0.4 is 0 Å². The molecule has 0 aliphatic carbocycles. The van der Waals surface area contributed by atoms with Crippen molar-refractivity contribution < 1.29 is 4.42 Å². The van der Waals surface area contributed by atoms with Crippen LogP contribution in [0, 0.1) is 0 Å². The zero-order valence-corrected chi connectivity index (χ0v) is 22.7. The first-order chi connectivity index (χ1) is 20.9. The van der Waals surface area contributed by atoms with E-state index in [1.54, 1.807) is 0 Å². The molecule has 0 unspecified atom stereocenters. The van der Waals surface area contributed by atoms with Crippen molar-refractivity contribution in [3.05, 3.63) is 146 Å². The molecule has 0 fully saturated rings. The van der Waals surface area contributed by atoms with E-state index in [4.69, 9.17) is 9.40 Å². The largest absolute Gasteiger partial charge is 0.456 e. The summed E-state index contributed by atoms with van der Waals surface area (Å²) < 4.78 is 8.68. The van der Waals surface area contributed by atoms with Gasteiger partial charge in [-0.05, 0) is 46.2 Å². The Bertz CT molecular complexity index is 2410. The van der Waals surface area contributed by atoms with Crippen molar-refractivity contribution in [1.82, 2.24) is 9.55 Å². The summed E-state index contributed by atoms with van der Waals surface area (Å²) in [5, 5.41) is 7.02. The Labute approximate surface area is 241 Å². The monoisotopic (exact) mass is 536 g/mol. The molecule has 0 radical (unpaired) electrons. The van der Waals surface area contributed by atoms with Gasteiger partial charge in [-0.2, -0.15) is 0 Å². The van der Waals surface area contributed by atoms with Crippen LogP contribution in [0.25, 0.3) is 82.7 Å². The van der Waals surface area contributed by atoms with Crippen LogP contribution in [0.4, 0.5) is 0 Å². The summed E-state index contributed by atoms with van der Waals surface area (Å²) in [6.45, 7) is 0. The Balaban J connectivity index is 1.48. The van der Waals surface area contributed by atoms with E-state index in [0.717, 1.165) is 50.0 Å². The molecule has 196 valence electrons. The Morgan fingerprint density at radius 1 is 0.476 bits per heavy atom. The molecule has 0 N–H and O–H groups in total. The molecule has 9 aromatic rings. The van der Waals surface area contributed by atoms with Crippen molar-refractivity contribution in [1.29, 1.82) is 0 Å². The summed E-state index contributed by atoms with van der Waals surface area (Å²) in [6, 6.07) is 51.2. The van der Waals surface area contributed by atoms with Crippen LogP contribution in [0.5, 0.6) is 0 Å². The molecule has 2 aromatic heterocycles. The summed E-state index contributed by atoms with van der Waals surface area (Å²) in [4.78, 5) is 5.17. The fourth-order valence-corrected chi connectivity index (χ4v) is 6.65. The standard InChI is InChI=1S/C39H24N2O/c1-2-13-25(14-3-1)39-40-32-21-9-10-22-33(32)41(39)38-28-17-6-4-15-26(28)36(27-16-5-7-18-29(27)38)31-20-12-24-35-37(31)30-19-8-11-23-34(30)42-35/h1-24H. The number of benzene rings is 7. The van der Waals surface area contributed by atoms with Crippen molar-refractivity contribution >= 4 is 54.5 Å². The molecule has 0 spiro atoms. The molecule has 0 atom stereocenters. The molecule has 0 saturated heterocycles. The molecular weight excluding hydrogens is 512 g/mol. The SMILES string of the molecule is c1ccc(-c2nc3ccccc3n2-c2c3ccccc3c(-c3cccc4oc5ccccc5c34)c3ccccc23)cc1. The van der Waals surface area contributed by atoms with Gasteiger partial charge in [-0.25, -0.2) is 4.98 Å². The van der Waals surface area contributed by atoms with E-state index in [2.05, 4.69) is 138 Å². The van der Waals surface area contributed by atoms with E-state index in [0.29, 0.717) is 0 Å². The minimum atomic E-state index is 0.901. The van der Waals surface area contributed by atoms with Gasteiger partial charge >= 0.3 is 0 Å². The van der Waals surface area contributed by atoms with Gasteiger partial charge in [-0.1, -0.05) is 121 Å². The van der Waals surface area contributed by atoms with Gasteiger partial charge in [0, 0.05) is 27.1 Å². The first-order valence-corrected chi connectivity index (χ1v) is 14.2. The fourth-order valence-electron chi connectivity index (χ4n) is 6.65. The summed E-state index contributed by atoms with van der Waals surface area (Å²) in [5.74, 6) is 0.933. The molecule has 0 aliphatic heterocycles. The molecule has 0 aliphatic rings. The normalized spacial score (nSPS) is 11.8. The predicted octanol–water partition coefficient (Wildman–Crippen LogP) is 10.6. The zero-order valence-electron chi connectivity index (χ0n) is 22.7. The lowest BCUT2D eigenvalue weighted by Crippen LogP contribution is -2.01. The third kappa shape index (κ3) is 3.25. The van der Waals surface area contributed by atoms with Crippen LogP contribution in [0.2, 0.25) is 0 Å². The number of furan rings is 1. The van der Waals surface area contributed by atoms with E-state index < -0.39 is 0 Å². The maximum absolute atomic E-state index is 6.32. The molecule has 0 saturated carbocycles. The van der Waals surface area contributed by atoms with Crippen LogP contribution in [0.15, 0.2) is 150 Å². The van der Waals surface area contributed by atoms with Crippen molar-refractivity contribution in [3.63, 3.8) is 0 Å². The molecule has 3 nitrogen and oxygen atoms in total. The third-order valence-corrected chi connectivity index (χ3v) is 8.39. The van der Waals surface area contributed by atoms with E-state index in [1.807, 2.05) is 12.1 Å². The van der Waals surface area contributed by atoms with E-state index in [9.17, 15) is 0 Å². The Kier molecular flexibility index (Phi) is 4.90. The van der Waals surface area contributed by atoms with E-state index in [1.165, 1.54) is 32.7 Å². The summed E-state index contributed by atoms with van der Waals surface area (Å²) >= 11 is 0. The Morgan fingerprint density at radius 3 is 1.83 bits per heavy atom. The van der Waals surface area contributed by atoms with Crippen LogP contribution in [0.3, 0.4) is 0 Å². The van der Waals surface area contributed by atoms with Crippen LogP contribution >= 0.6 is 0 Å². The lowest BCUT2D eigenvalue weighted by molar-refractivity contribution is 0.669. The highest BCUT2D eigenvalue weighted by molar-refractivity contribution is 6.24. The Morgan fingerprint density at radius 2 is 1.07 bits per heavy atom. The van der Waals surface area contributed by atoms with Crippen LogP contribution in [0.1, 0.15) is 0 Å². The zero-order chi connectivity index (χ0) is 27.6. The second kappa shape index (κ2) is 8.92. The summed E-state index contributed by atoms with van der Waals surface area (Å²) in [5.41, 5.74) is 8.48. The molecule has 42 heavy (non-hydrogen) atoms. The average Bonchev–Trinajstić information content (AvgIpc) is 3.63. The lowest BCUT2D eigenvalue weighted by atomic mass is 9.88. The predicted molar refractivity (Wildman–Crippen MR) is 174 cm³/mol. The smallest absolute Gasteiger partial charge is 0.145 e. The number of fused-ring (bicyclic) bond motifs is 6. The van der Waals surface area contributed by atoms with Gasteiger partial charge in [0.2, 0.25) is 0 Å². The van der Waals surface area contributed by atoms with Crippen LogP contribution in [-0.4, -0.2) is 9.55 Å². The summed E-state index contributed by atoms with van der Waals surface area (Å²) in [6.07, 6.45) is 0. The molecule has 2 heterocycles. The number of hydrogen-bond donors (Lipinski definition) is 0. The minimum Gasteiger partial charge on any atom is -0.456 e. The maximum Gasteiger partial charge on any atom is 0.145 e. The number of hydrogen-bond acceptors (Lipinski definition) is 2. The van der Waals surface area contributed by atoms with Gasteiger partial charge in [0.1, 0.15) is 17.0 Å². The molecular formula is C39H24N2O. The fraction of sp³-hybridized carbons (Fsp3) is 0. The van der Waals surface area contributed by atoms with Crippen molar-refractivity contribution in [2.24, 2.45) is 0 Å². The minimum absolute atomic E-state index is 0.901. The van der Waals surface area contributed by atoms with Gasteiger partial charge in [0.25, 0.3) is 0 Å². The quantitative estimate of drug-likeness (QED) is 0.210. The van der Waals surface area contributed by atoms with Gasteiger partial charge < -0.3 is 4.42 Å². The highest BCUT2D eigenvalue weighted by atomic mass is 16.3. The van der Waals surface area contributed by atoms with E-state index in [-0.39, 0.29) is 0 Å². The highest BCUT2D eigenvalue weighted by Gasteiger charge is 2.23. The van der Waals surface area contributed by atoms with Gasteiger partial charge in [0.05, 0.1) is 16.7 Å². The molecule has 9 rings (SSSR count). The lowest BCUT2D eigenvalue weighted by Gasteiger charge is -2.20. The highest BCUT2D eigenvalue weighted by Crippen LogP contribution is 2.46. The van der Waals surface area contributed by atoms with E-state index >= 15 is 0 Å². The van der Waals surface area contributed by atoms with Crippen molar-refractivity contribution in [2.45, 2.75) is 0 Å².